The van der Waals surface area contributed by atoms with E-state index >= 15 is 0 Å². The van der Waals surface area contributed by atoms with Gasteiger partial charge in [-0.1, -0.05) is 0 Å². The Balaban J connectivity index is 2.04. The molecule has 0 saturated carbocycles. The van der Waals surface area contributed by atoms with Crippen LogP contribution in [0.25, 0.3) is 11.3 Å². The van der Waals surface area contributed by atoms with E-state index in [4.69, 9.17) is 10.5 Å². The molecule has 1 saturated heterocycles. The van der Waals surface area contributed by atoms with Crippen molar-refractivity contribution in [3.63, 3.8) is 0 Å². The second-order valence-electron chi connectivity index (χ2n) is 5.28. The van der Waals surface area contributed by atoms with E-state index in [1.807, 2.05) is 31.2 Å². The van der Waals surface area contributed by atoms with Gasteiger partial charge < -0.3 is 15.4 Å². The largest absolute Gasteiger partial charge is 0.497 e. The van der Waals surface area contributed by atoms with E-state index in [-0.39, 0.29) is 0 Å². The van der Waals surface area contributed by atoms with Crippen molar-refractivity contribution in [3.05, 3.63) is 30.1 Å². The molecule has 2 aromatic rings. The lowest BCUT2D eigenvalue weighted by Crippen LogP contribution is -2.21. The fourth-order valence-electron chi connectivity index (χ4n) is 2.71. The van der Waals surface area contributed by atoms with Crippen LogP contribution < -0.4 is 15.4 Å². The van der Waals surface area contributed by atoms with Crippen LogP contribution in [-0.4, -0.2) is 30.2 Å². The summed E-state index contributed by atoms with van der Waals surface area (Å²) in [5.41, 5.74) is 8.78. The summed E-state index contributed by atoms with van der Waals surface area (Å²) in [6.45, 7) is 3.94. The van der Waals surface area contributed by atoms with Crippen LogP contribution >= 0.6 is 0 Å². The Morgan fingerprint density at radius 1 is 1.10 bits per heavy atom. The summed E-state index contributed by atoms with van der Waals surface area (Å²) in [5, 5.41) is 0. The molecule has 1 aromatic carbocycles. The first-order chi connectivity index (χ1) is 10.2. The summed E-state index contributed by atoms with van der Waals surface area (Å²) >= 11 is 0. The van der Waals surface area contributed by atoms with Gasteiger partial charge >= 0.3 is 0 Å². The molecule has 0 unspecified atom stereocenters. The number of methoxy groups -OCH3 is 1. The predicted octanol–water partition coefficient (Wildman–Crippen LogP) is 2.64. The van der Waals surface area contributed by atoms with E-state index in [0.29, 0.717) is 5.69 Å². The Bertz CT molecular complexity index is 633. The number of nitrogens with two attached hydrogens (primary N) is 1. The molecular weight excluding hydrogens is 264 g/mol. The maximum atomic E-state index is 6.34. The Kier molecular flexibility index (Phi) is 3.64. The fourth-order valence-corrected chi connectivity index (χ4v) is 2.71. The minimum absolute atomic E-state index is 0.660. The van der Waals surface area contributed by atoms with Crippen LogP contribution in [0.2, 0.25) is 0 Å². The number of hydrogen-bond acceptors (Lipinski definition) is 5. The van der Waals surface area contributed by atoms with Gasteiger partial charge in [-0.15, -0.1) is 0 Å². The molecule has 1 aromatic heterocycles. The SMILES string of the molecule is COc1ccc(-c2nc(C)nc(N3CCCC3)c2N)cc1. The van der Waals surface area contributed by atoms with Crippen molar-refractivity contribution in [2.75, 3.05) is 30.8 Å². The molecule has 1 aliphatic rings. The van der Waals surface area contributed by atoms with Crippen molar-refractivity contribution < 1.29 is 4.74 Å². The summed E-state index contributed by atoms with van der Waals surface area (Å²) < 4.78 is 5.19. The molecule has 3 rings (SSSR count). The molecule has 110 valence electrons. The van der Waals surface area contributed by atoms with Gasteiger partial charge in [0.25, 0.3) is 0 Å². The highest BCUT2D eigenvalue weighted by Gasteiger charge is 2.20. The summed E-state index contributed by atoms with van der Waals surface area (Å²) in [7, 11) is 1.66. The van der Waals surface area contributed by atoms with Crippen LogP contribution in [0.15, 0.2) is 24.3 Å². The van der Waals surface area contributed by atoms with Gasteiger partial charge in [0, 0.05) is 18.7 Å². The van der Waals surface area contributed by atoms with Crippen LogP contribution in [0.1, 0.15) is 18.7 Å². The van der Waals surface area contributed by atoms with Crippen LogP contribution in [-0.2, 0) is 0 Å². The highest BCUT2D eigenvalue weighted by Crippen LogP contribution is 2.33. The lowest BCUT2D eigenvalue weighted by Gasteiger charge is -2.20. The van der Waals surface area contributed by atoms with Gasteiger partial charge in [0.15, 0.2) is 5.82 Å². The molecule has 0 aliphatic carbocycles. The summed E-state index contributed by atoms with van der Waals surface area (Å²) in [5.74, 6) is 2.44. The van der Waals surface area contributed by atoms with E-state index in [0.717, 1.165) is 41.7 Å². The fraction of sp³-hybridized carbons (Fsp3) is 0.375. The van der Waals surface area contributed by atoms with E-state index in [1.54, 1.807) is 7.11 Å². The first-order valence-corrected chi connectivity index (χ1v) is 7.22. The first kappa shape index (κ1) is 13.7. The number of nitrogens with zero attached hydrogens (tertiary/aromatic N) is 3. The molecule has 0 bridgehead atoms. The molecule has 0 spiro atoms. The van der Waals surface area contributed by atoms with Crippen LogP contribution in [0, 0.1) is 6.92 Å². The molecule has 5 nitrogen and oxygen atoms in total. The van der Waals surface area contributed by atoms with Gasteiger partial charge in [-0.2, -0.15) is 0 Å². The van der Waals surface area contributed by atoms with Crippen LogP contribution in [0.3, 0.4) is 0 Å². The van der Waals surface area contributed by atoms with Gasteiger partial charge in [0.05, 0.1) is 12.8 Å². The standard InChI is InChI=1S/C16H20N4O/c1-11-18-15(12-5-7-13(21-2)8-6-12)14(17)16(19-11)20-9-3-4-10-20/h5-8H,3-4,9-10,17H2,1-2H3. The van der Waals surface area contributed by atoms with Gasteiger partial charge in [-0.05, 0) is 44.0 Å². The Morgan fingerprint density at radius 2 is 1.76 bits per heavy atom. The molecule has 0 amide bonds. The van der Waals surface area contributed by atoms with E-state index in [9.17, 15) is 0 Å². The summed E-state index contributed by atoms with van der Waals surface area (Å²) in [6, 6.07) is 7.79. The highest BCUT2D eigenvalue weighted by molar-refractivity contribution is 5.81. The second kappa shape index (κ2) is 5.60. The minimum atomic E-state index is 0.660. The summed E-state index contributed by atoms with van der Waals surface area (Å²) in [4.78, 5) is 11.3. The lowest BCUT2D eigenvalue weighted by atomic mass is 10.1. The molecule has 2 heterocycles. The molecular formula is C16H20N4O. The second-order valence-corrected chi connectivity index (χ2v) is 5.28. The Labute approximate surface area is 124 Å². The molecule has 1 aliphatic heterocycles. The van der Waals surface area contributed by atoms with Crippen molar-refractivity contribution in [2.45, 2.75) is 19.8 Å². The molecule has 21 heavy (non-hydrogen) atoms. The zero-order valence-corrected chi connectivity index (χ0v) is 12.5. The molecule has 2 N–H and O–H groups in total. The van der Waals surface area contributed by atoms with Crippen molar-refractivity contribution >= 4 is 11.5 Å². The Morgan fingerprint density at radius 3 is 2.38 bits per heavy atom. The van der Waals surface area contributed by atoms with Crippen molar-refractivity contribution in [3.8, 4) is 17.0 Å². The highest BCUT2D eigenvalue weighted by atomic mass is 16.5. The van der Waals surface area contributed by atoms with Crippen LogP contribution in [0.4, 0.5) is 11.5 Å². The number of ether oxygens (including phenoxy) is 1. The number of rotatable bonds is 3. The van der Waals surface area contributed by atoms with Gasteiger partial charge in [-0.3, -0.25) is 0 Å². The third-order valence-corrected chi connectivity index (χ3v) is 3.81. The summed E-state index contributed by atoms with van der Waals surface area (Å²) in [6.07, 6.45) is 2.39. The third kappa shape index (κ3) is 2.63. The minimum Gasteiger partial charge on any atom is -0.497 e. The molecule has 1 fully saturated rings. The van der Waals surface area contributed by atoms with Crippen molar-refractivity contribution in [1.29, 1.82) is 0 Å². The number of hydrogen-bond donors (Lipinski definition) is 1. The lowest BCUT2D eigenvalue weighted by molar-refractivity contribution is 0.415. The Hall–Kier alpha value is -2.30. The average molecular weight is 284 g/mol. The number of anilines is 2. The first-order valence-electron chi connectivity index (χ1n) is 7.22. The van der Waals surface area contributed by atoms with Gasteiger partial charge in [0.2, 0.25) is 0 Å². The normalized spacial score (nSPS) is 14.5. The van der Waals surface area contributed by atoms with E-state index in [2.05, 4.69) is 14.9 Å². The zero-order chi connectivity index (χ0) is 14.8. The monoisotopic (exact) mass is 284 g/mol. The van der Waals surface area contributed by atoms with Gasteiger partial charge in [-0.25, -0.2) is 9.97 Å². The smallest absolute Gasteiger partial charge is 0.156 e. The van der Waals surface area contributed by atoms with Crippen LogP contribution in [0.5, 0.6) is 5.75 Å². The number of benzene rings is 1. The maximum absolute atomic E-state index is 6.34. The quantitative estimate of drug-likeness (QED) is 0.938. The number of aromatic nitrogens is 2. The predicted molar refractivity (Wildman–Crippen MR) is 84.6 cm³/mol. The number of aryl methyl sites for hydroxylation is 1. The van der Waals surface area contributed by atoms with Crippen molar-refractivity contribution in [2.24, 2.45) is 0 Å². The number of nitrogen functional groups attached to an aromatic ring is 1. The third-order valence-electron chi connectivity index (χ3n) is 3.81. The average Bonchev–Trinajstić information content (AvgIpc) is 3.03. The zero-order valence-electron chi connectivity index (χ0n) is 12.5. The topological polar surface area (TPSA) is 64.3 Å². The van der Waals surface area contributed by atoms with Gasteiger partial charge in [0.1, 0.15) is 17.3 Å². The maximum Gasteiger partial charge on any atom is 0.156 e. The van der Waals surface area contributed by atoms with E-state index < -0.39 is 0 Å². The van der Waals surface area contributed by atoms with Crippen molar-refractivity contribution in [1.82, 2.24) is 9.97 Å². The molecule has 0 atom stereocenters. The molecule has 5 heteroatoms. The van der Waals surface area contributed by atoms with E-state index in [1.165, 1.54) is 12.8 Å². The molecule has 0 radical (unpaired) electrons.